The third-order valence-corrected chi connectivity index (χ3v) is 4.95. The smallest absolute Gasteiger partial charge is 0.255 e. The second-order valence-electron chi connectivity index (χ2n) is 6.54. The lowest BCUT2D eigenvalue weighted by atomic mass is 10.1. The lowest BCUT2D eigenvalue weighted by Crippen LogP contribution is -2.54. The van der Waals surface area contributed by atoms with E-state index in [1.165, 1.54) is 12.8 Å². The van der Waals surface area contributed by atoms with E-state index in [1.54, 1.807) is 18.5 Å². The molecular weight excluding hydrogens is 280 g/mol. The van der Waals surface area contributed by atoms with Gasteiger partial charge in [-0.15, -0.1) is 0 Å². The molecule has 5 heteroatoms. The number of hydrogen-bond donors (Lipinski definition) is 0. The largest absolute Gasteiger partial charge is 0.375 e. The first kappa shape index (κ1) is 14.2. The van der Waals surface area contributed by atoms with Crippen molar-refractivity contribution >= 4 is 5.91 Å². The highest BCUT2D eigenvalue weighted by Gasteiger charge is 2.45. The average molecular weight is 302 g/mol. The molecule has 0 radical (unpaired) electrons. The van der Waals surface area contributed by atoms with Crippen LogP contribution in [0.3, 0.4) is 0 Å². The Labute approximate surface area is 130 Å². The maximum atomic E-state index is 12.7. The van der Waals surface area contributed by atoms with Gasteiger partial charge in [-0.05, 0) is 43.7 Å². The van der Waals surface area contributed by atoms with Crippen LogP contribution in [0.4, 0.5) is 0 Å². The molecule has 0 aromatic carbocycles. The molecule has 5 nitrogen and oxygen atoms in total. The summed E-state index contributed by atoms with van der Waals surface area (Å²) < 4.78 is 12.0. The minimum Gasteiger partial charge on any atom is -0.375 e. The molecule has 2 saturated carbocycles. The van der Waals surface area contributed by atoms with Crippen molar-refractivity contribution in [2.45, 2.75) is 43.9 Å². The Hall–Kier alpha value is -1.46. The van der Waals surface area contributed by atoms with Crippen molar-refractivity contribution in [3.05, 3.63) is 30.1 Å². The Bertz CT molecular complexity index is 532. The van der Waals surface area contributed by atoms with E-state index < -0.39 is 0 Å². The number of hydrogen-bond acceptors (Lipinski definition) is 4. The summed E-state index contributed by atoms with van der Waals surface area (Å²) in [5.74, 6) is 0.824. The van der Waals surface area contributed by atoms with Crippen molar-refractivity contribution in [1.82, 2.24) is 9.88 Å². The number of rotatable bonds is 4. The van der Waals surface area contributed by atoms with E-state index in [-0.39, 0.29) is 24.2 Å². The molecule has 0 N–H and O–H groups in total. The summed E-state index contributed by atoms with van der Waals surface area (Å²) in [4.78, 5) is 18.7. The highest BCUT2D eigenvalue weighted by Crippen LogP contribution is 2.35. The number of aromatic nitrogens is 1. The molecule has 0 unspecified atom stereocenters. The highest BCUT2D eigenvalue weighted by molar-refractivity contribution is 5.94. The van der Waals surface area contributed by atoms with E-state index in [1.807, 2.05) is 11.0 Å². The van der Waals surface area contributed by atoms with Crippen LogP contribution in [0.2, 0.25) is 0 Å². The van der Waals surface area contributed by atoms with Crippen LogP contribution in [0.1, 0.15) is 36.0 Å². The molecule has 2 aliphatic carbocycles. The second kappa shape index (κ2) is 5.97. The van der Waals surface area contributed by atoms with Gasteiger partial charge in [-0.2, -0.15) is 0 Å². The topological polar surface area (TPSA) is 51.7 Å². The number of carbonyl (C=O) groups excluding carboxylic acids is 1. The van der Waals surface area contributed by atoms with E-state index >= 15 is 0 Å². The molecule has 1 aromatic heterocycles. The molecule has 1 aromatic rings. The van der Waals surface area contributed by atoms with Gasteiger partial charge in [0.1, 0.15) is 6.10 Å². The number of pyridine rings is 1. The fourth-order valence-electron chi connectivity index (χ4n) is 3.55. The molecule has 3 atom stereocenters. The number of amides is 1. The van der Waals surface area contributed by atoms with Crippen LogP contribution in [0.25, 0.3) is 0 Å². The van der Waals surface area contributed by atoms with Gasteiger partial charge in [-0.3, -0.25) is 9.78 Å². The summed E-state index contributed by atoms with van der Waals surface area (Å²) in [5, 5.41) is 0. The molecule has 4 rings (SSSR count). The lowest BCUT2D eigenvalue weighted by molar-refractivity contribution is -0.106. The van der Waals surface area contributed by atoms with Crippen molar-refractivity contribution in [2.24, 2.45) is 5.92 Å². The zero-order valence-electron chi connectivity index (χ0n) is 12.7. The van der Waals surface area contributed by atoms with Crippen LogP contribution in [0.5, 0.6) is 0 Å². The van der Waals surface area contributed by atoms with E-state index in [2.05, 4.69) is 4.98 Å². The minimum atomic E-state index is 0.0353. The summed E-state index contributed by atoms with van der Waals surface area (Å²) in [6, 6.07) is 3.78. The number of ether oxygens (including phenoxy) is 2. The molecule has 1 saturated heterocycles. The summed E-state index contributed by atoms with van der Waals surface area (Å²) in [7, 11) is 0. The van der Waals surface area contributed by atoms with E-state index in [9.17, 15) is 4.79 Å². The lowest BCUT2D eigenvalue weighted by Gasteiger charge is -2.39. The number of fused-ring (bicyclic) bond motifs is 1. The maximum Gasteiger partial charge on any atom is 0.255 e. The number of carbonyl (C=O) groups is 1. The van der Waals surface area contributed by atoms with Crippen molar-refractivity contribution in [2.75, 3.05) is 19.8 Å². The maximum absolute atomic E-state index is 12.7. The predicted octanol–water partition coefficient (Wildman–Crippen LogP) is 1.88. The summed E-state index contributed by atoms with van der Waals surface area (Å²) in [5.41, 5.74) is 0.658. The van der Waals surface area contributed by atoms with Crippen LogP contribution >= 0.6 is 0 Å². The first-order chi connectivity index (χ1) is 10.8. The Morgan fingerprint density at radius 3 is 3.05 bits per heavy atom. The van der Waals surface area contributed by atoms with Crippen molar-refractivity contribution in [1.29, 1.82) is 0 Å². The molecule has 3 fully saturated rings. The fourth-order valence-corrected chi connectivity index (χ4v) is 3.55. The Balaban J connectivity index is 1.44. The van der Waals surface area contributed by atoms with Crippen LogP contribution in [-0.4, -0.2) is 53.8 Å². The first-order valence-corrected chi connectivity index (χ1v) is 8.27. The normalized spacial score (nSPS) is 31.1. The van der Waals surface area contributed by atoms with Crippen LogP contribution < -0.4 is 0 Å². The van der Waals surface area contributed by atoms with Gasteiger partial charge in [0.2, 0.25) is 0 Å². The molecule has 0 spiro atoms. The highest BCUT2D eigenvalue weighted by atomic mass is 16.5. The molecule has 3 aliphatic rings. The Morgan fingerprint density at radius 1 is 1.36 bits per heavy atom. The van der Waals surface area contributed by atoms with E-state index in [4.69, 9.17) is 9.47 Å². The molecule has 2 heterocycles. The minimum absolute atomic E-state index is 0.0353. The first-order valence-electron chi connectivity index (χ1n) is 8.27. The van der Waals surface area contributed by atoms with Gasteiger partial charge in [0.25, 0.3) is 5.91 Å². The Kier molecular flexibility index (Phi) is 3.84. The van der Waals surface area contributed by atoms with E-state index in [0.29, 0.717) is 18.7 Å². The molecular formula is C17H22N2O3. The van der Waals surface area contributed by atoms with Gasteiger partial charge in [-0.1, -0.05) is 0 Å². The molecule has 1 amide bonds. The summed E-state index contributed by atoms with van der Waals surface area (Å²) in [6.45, 7) is 2.11. The zero-order chi connectivity index (χ0) is 14.9. The molecule has 0 bridgehead atoms. The van der Waals surface area contributed by atoms with Gasteiger partial charge >= 0.3 is 0 Å². The average Bonchev–Trinajstić information content (AvgIpc) is 3.31. The third kappa shape index (κ3) is 2.75. The summed E-state index contributed by atoms with van der Waals surface area (Å²) >= 11 is 0. The third-order valence-electron chi connectivity index (χ3n) is 4.95. The van der Waals surface area contributed by atoms with Crippen molar-refractivity contribution in [3.8, 4) is 0 Å². The SMILES string of the molecule is O=C(c1cccnc1)N1CCO[C@H]2[C@H](OCC3CC3)CC[C@@H]21. The van der Waals surface area contributed by atoms with Crippen LogP contribution in [0.15, 0.2) is 24.5 Å². The molecule has 22 heavy (non-hydrogen) atoms. The van der Waals surface area contributed by atoms with Crippen LogP contribution in [0, 0.1) is 5.92 Å². The standard InChI is InChI=1S/C17H22N2O3/c20-17(13-2-1-7-18-10-13)19-8-9-21-16-14(19)5-6-15(16)22-11-12-3-4-12/h1-2,7,10,12,14-16H,3-6,8-9,11H2/t14-,15+,16+/m0/s1. The van der Waals surface area contributed by atoms with E-state index in [0.717, 1.165) is 25.4 Å². The zero-order valence-corrected chi connectivity index (χ0v) is 12.7. The quantitative estimate of drug-likeness (QED) is 0.852. The van der Waals surface area contributed by atoms with Gasteiger partial charge in [-0.25, -0.2) is 0 Å². The van der Waals surface area contributed by atoms with Crippen molar-refractivity contribution in [3.63, 3.8) is 0 Å². The number of morpholine rings is 1. The van der Waals surface area contributed by atoms with Gasteiger partial charge in [0.15, 0.2) is 0 Å². The van der Waals surface area contributed by atoms with Gasteiger partial charge in [0, 0.05) is 25.5 Å². The predicted molar refractivity (Wildman–Crippen MR) is 80.5 cm³/mol. The number of nitrogens with zero attached hydrogens (tertiary/aromatic N) is 2. The van der Waals surface area contributed by atoms with Crippen LogP contribution in [-0.2, 0) is 9.47 Å². The van der Waals surface area contributed by atoms with Gasteiger partial charge in [0.05, 0.1) is 24.3 Å². The second-order valence-corrected chi connectivity index (χ2v) is 6.54. The van der Waals surface area contributed by atoms with Gasteiger partial charge < -0.3 is 14.4 Å². The van der Waals surface area contributed by atoms with Crippen molar-refractivity contribution < 1.29 is 14.3 Å². The molecule has 118 valence electrons. The molecule has 1 aliphatic heterocycles. The summed E-state index contributed by atoms with van der Waals surface area (Å²) in [6.07, 6.45) is 8.06. The monoisotopic (exact) mass is 302 g/mol. The fraction of sp³-hybridized carbons (Fsp3) is 0.647. The Morgan fingerprint density at radius 2 is 2.27 bits per heavy atom.